The van der Waals surface area contributed by atoms with Crippen LogP contribution in [0.2, 0.25) is 0 Å². The van der Waals surface area contributed by atoms with Crippen LogP contribution in [0.1, 0.15) is 23.6 Å². The monoisotopic (exact) mass is 252 g/mol. The van der Waals surface area contributed by atoms with Crippen LogP contribution in [0.5, 0.6) is 0 Å². The molecule has 96 valence electrons. The smallest absolute Gasteiger partial charge is 0.269 e. The molecule has 0 unspecified atom stereocenters. The van der Waals surface area contributed by atoms with Crippen LogP contribution in [-0.4, -0.2) is 4.57 Å². The molecule has 1 aromatic carbocycles. The molecule has 3 heteroatoms. The van der Waals surface area contributed by atoms with E-state index in [9.17, 15) is 10.1 Å². The van der Waals surface area contributed by atoms with E-state index in [1.54, 1.807) is 4.57 Å². The summed E-state index contributed by atoms with van der Waals surface area (Å²) in [6.07, 6.45) is 1.82. The van der Waals surface area contributed by atoms with Gasteiger partial charge in [-0.15, -0.1) is 0 Å². The van der Waals surface area contributed by atoms with Gasteiger partial charge in [0.15, 0.2) is 0 Å². The van der Waals surface area contributed by atoms with Gasteiger partial charge in [0.2, 0.25) is 0 Å². The van der Waals surface area contributed by atoms with Crippen LogP contribution in [0.25, 0.3) is 11.1 Å². The van der Waals surface area contributed by atoms with E-state index in [2.05, 4.69) is 6.07 Å². The predicted octanol–water partition coefficient (Wildman–Crippen LogP) is 3.02. The van der Waals surface area contributed by atoms with E-state index >= 15 is 0 Å². The van der Waals surface area contributed by atoms with Gasteiger partial charge < -0.3 is 4.57 Å². The fourth-order valence-electron chi connectivity index (χ4n) is 2.32. The van der Waals surface area contributed by atoms with Crippen LogP contribution in [-0.2, 0) is 6.54 Å². The lowest BCUT2D eigenvalue weighted by atomic mass is 9.96. The number of nitriles is 1. The molecule has 2 rings (SSSR count). The van der Waals surface area contributed by atoms with Crippen molar-refractivity contribution in [3.63, 3.8) is 0 Å². The zero-order valence-corrected chi connectivity index (χ0v) is 11.4. The zero-order valence-electron chi connectivity index (χ0n) is 11.4. The van der Waals surface area contributed by atoms with E-state index in [0.717, 1.165) is 22.3 Å². The first-order valence-electron chi connectivity index (χ1n) is 6.29. The van der Waals surface area contributed by atoms with Gasteiger partial charge in [-0.3, -0.25) is 4.79 Å². The summed E-state index contributed by atoms with van der Waals surface area (Å²) in [4.78, 5) is 12.2. The minimum absolute atomic E-state index is 0.216. The molecule has 3 nitrogen and oxygen atoms in total. The predicted molar refractivity (Wildman–Crippen MR) is 76.0 cm³/mol. The third kappa shape index (κ3) is 2.30. The second kappa shape index (κ2) is 5.11. The van der Waals surface area contributed by atoms with Crippen molar-refractivity contribution in [3.05, 3.63) is 57.5 Å². The Morgan fingerprint density at radius 1 is 1.32 bits per heavy atom. The SMILES string of the molecule is CCn1cc(C)c(-c2cccc(C)c2)c(C#N)c1=O. The molecule has 0 saturated heterocycles. The second-order valence-electron chi connectivity index (χ2n) is 4.63. The number of nitrogens with zero attached hydrogens (tertiary/aromatic N) is 2. The van der Waals surface area contributed by atoms with Gasteiger partial charge in [0.05, 0.1) is 0 Å². The molecular formula is C16H16N2O. The third-order valence-electron chi connectivity index (χ3n) is 3.23. The Morgan fingerprint density at radius 2 is 2.05 bits per heavy atom. The van der Waals surface area contributed by atoms with Crippen molar-refractivity contribution < 1.29 is 0 Å². The Kier molecular flexibility index (Phi) is 3.52. The topological polar surface area (TPSA) is 45.8 Å². The Bertz CT molecular complexity index is 721. The Labute approximate surface area is 112 Å². The van der Waals surface area contributed by atoms with Gasteiger partial charge >= 0.3 is 0 Å². The maximum Gasteiger partial charge on any atom is 0.269 e. The van der Waals surface area contributed by atoms with Crippen molar-refractivity contribution in [3.8, 4) is 17.2 Å². The van der Waals surface area contributed by atoms with Crippen LogP contribution in [0.4, 0.5) is 0 Å². The summed E-state index contributed by atoms with van der Waals surface area (Å²) in [5.74, 6) is 0. The standard InChI is InChI=1S/C16H16N2O/c1-4-18-10-12(3)15(14(9-17)16(18)19)13-7-5-6-11(2)8-13/h5-8,10H,4H2,1-3H3. The lowest BCUT2D eigenvalue weighted by molar-refractivity contribution is 0.721. The van der Waals surface area contributed by atoms with E-state index in [1.807, 2.05) is 51.2 Å². The summed E-state index contributed by atoms with van der Waals surface area (Å²) in [6, 6.07) is 9.94. The highest BCUT2D eigenvalue weighted by atomic mass is 16.1. The molecule has 19 heavy (non-hydrogen) atoms. The number of hydrogen-bond acceptors (Lipinski definition) is 2. The molecule has 0 amide bonds. The molecule has 0 aliphatic heterocycles. The molecule has 0 fully saturated rings. The van der Waals surface area contributed by atoms with Crippen molar-refractivity contribution in [2.45, 2.75) is 27.3 Å². The van der Waals surface area contributed by atoms with Crippen LogP contribution < -0.4 is 5.56 Å². The average molecular weight is 252 g/mol. The number of aryl methyl sites for hydroxylation is 3. The highest BCUT2D eigenvalue weighted by Crippen LogP contribution is 2.25. The van der Waals surface area contributed by atoms with Gasteiger partial charge in [0.1, 0.15) is 11.6 Å². The van der Waals surface area contributed by atoms with Gasteiger partial charge in [0, 0.05) is 18.3 Å². The Balaban J connectivity index is 2.82. The molecule has 0 aliphatic carbocycles. The van der Waals surface area contributed by atoms with E-state index in [1.165, 1.54) is 0 Å². The number of benzene rings is 1. The minimum Gasteiger partial charge on any atom is -0.314 e. The van der Waals surface area contributed by atoms with Crippen LogP contribution in [0.15, 0.2) is 35.3 Å². The molecule has 1 heterocycles. The Hall–Kier alpha value is -2.34. The highest BCUT2D eigenvalue weighted by Gasteiger charge is 2.14. The first-order chi connectivity index (χ1) is 9.08. The largest absolute Gasteiger partial charge is 0.314 e. The molecule has 0 aliphatic rings. The summed E-state index contributed by atoms with van der Waals surface area (Å²) in [5.41, 5.74) is 3.75. The number of rotatable bonds is 2. The number of aromatic nitrogens is 1. The fourth-order valence-corrected chi connectivity index (χ4v) is 2.32. The minimum atomic E-state index is -0.216. The quantitative estimate of drug-likeness (QED) is 0.824. The molecule has 1 aromatic heterocycles. The van der Waals surface area contributed by atoms with E-state index in [0.29, 0.717) is 6.54 Å². The van der Waals surface area contributed by atoms with Gasteiger partial charge in [-0.25, -0.2) is 0 Å². The van der Waals surface area contributed by atoms with Crippen molar-refractivity contribution in [1.29, 1.82) is 5.26 Å². The van der Waals surface area contributed by atoms with Crippen molar-refractivity contribution in [2.24, 2.45) is 0 Å². The first-order valence-corrected chi connectivity index (χ1v) is 6.29. The second-order valence-corrected chi connectivity index (χ2v) is 4.63. The van der Waals surface area contributed by atoms with Gasteiger partial charge in [0.25, 0.3) is 5.56 Å². The maximum atomic E-state index is 12.2. The maximum absolute atomic E-state index is 12.2. The van der Waals surface area contributed by atoms with Crippen LogP contribution >= 0.6 is 0 Å². The van der Waals surface area contributed by atoms with Gasteiger partial charge in [-0.05, 0) is 31.9 Å². The molecule has 0 atom stereocenters. The zero-order chi connectivity index (χ0) is 14.0. The van der Waals surface area contributed by atoms with Crippen LogP contribution in [0, 0.1) is 25.2 Å². The Morgan fingerprint density at radius 3 is 2.63 bits per heavy atom. The molecule has 2 aromatic rings. The fraction of sp³-hybridized carbons (Fsp3) is 0.250. The number of hydrogen-bond donors (Lipinski definition) is 0. The molecule has 0 spiro atoms. The molecular weight excluding hydrogens is 236 g/mol. The molecule has 0 bridgehead atoms. The summed E-state index contributed by atoms with van der Waals surface area (Å²) >= 11 is 0. The third-order valence-corrected chi connectivity index (χ3v) is 3.23. The van der Waals surface area contributed by atoms with E-state index in [-0.39, 0.29) is 11.1 Å². The lowest BCUT2D eigenvalue weighted by Gasteiger charge is -2.12. The summed E-state index contributed by atoms with van der Waals surface area (Å²) < 4.78 is 1.58. The van der Waals surface area contributed by atoms with E-state index < -0.39 is 0 Å². The summed E-state index contributed by atoms with van der Waals surface area (Å²) in [6.45, 7) is 6.40. The van der Waals surface area contributed by atoms with Gasteiger partial charge in [-0.1, -0.05) is 29.8 Å². The summed E-state index contributed by atoms with van der Waals surface area (Å²) in [5, 5.41) is 9.31. The van der Waals surface area contributed by atoms with Crippen molar-refractivity contribution in [1.82, 2.24) is 4.57 Å². The normalized spacial score (nSPS) is 10.2. The van der Waals surface area contributed by atoms with E-state index in [4.69, 9.17) is 0 Å². The van der Waals surface area contributed by atoms with Crippen LogP contribution in [0.3, 0.4) is 0 Å². The number of pyridine rings is 1. The average Bonchev–Trinajstić information content (AvgIpc) is 2.40. The molecule has 0 N–H and O–H groups in total. The molecule has 0 saturated carbocycles. The highest BCUT2D eigenvalue weighted by molar-refractivity contribution is 5.73. The van der Waals surface area contributed by atoms with Gasteiger partial charge in [-0.2, -0.15) is 5.26 Å². The van der Waals surface area contributed by atoms with Crippen molar-refractivity contribution >= 4 is 0 Å². The van der Waals surface area contributed by atoms with Crippen molar-refractivity contribution in [2.75, 3.05) is 0 Å². The lowest BCUT2D eigenvalue weighted by Crippen LogP contribution is -2.23. The molecule has 0 radical (unpaired) electrons. The summed E-state index contributed by atoms with van der Waals surface area (Å²) in [7, 11) is 0. The first kappa shape index (κ1) is 13.1.